The summed E-state index contributed by atoms with van der Waals surface area (Å²) in [5.41, 5.74) is 0.220. The zero-order valence-corrected chi connectivity index (χ0v) is 17.2. The quantitative estimate of drug-likeness (QED) is 0.517. The van der Waals surface area contributed by atoms with Crippen LogP contribution in [0.5, 0.6) is 0 Å². The predicted molar refractivity (Wildman–Crippen MR) is 108 cm³/mol. The van der Waals surface area contributed by atoms with Crippen LogP contribution in [0.4, 0.5) is 0 Å². The fourth-order valence-corrected chi connectivity index (χ4v) is 2.88. The van der Waals surface area contributed by atoms with Crippen LogP contribution >= 0.6 is 22.0 Å². The fraction of sp³-hybridized carbons (Fsp3) is 0.611. The van der Waals surface area contributed by atoms with Crippen LogP contribution in [0.15, 0.2) is 35.6 Å². The molecule has 0 spiro atoms. The Labute approximate surface area is 154 Å². The van der Waals surface area contributed by atoms with Crippen molar-refractivity contribution in [1.82, 2.24) is 9.99 Å². The molecule has 4 nitrogen and oxygen atoms in total. The summed E-state index contributed by atoms with van der Waals surface area (Å²) in [5, 5.41) is 14.1. The predicted octanol–water partition coefficient (Wildman–Crippen LogP) is 3.08. The Morgan fingerprint density at radius 3 is 2.33 bits per heavy atom. The number of hydrogen-bond acceptors (Lipinski definition) is 4. The number of hydrogen-bond donors (Lipinski definition) is 3. The third-order valence-electron chi connectivity index (χ3n) is 4.19. The van der Waals surface area contributed by atoms with E-state index in [0.717, 1.165) is 30.8 Å². The average Bonchev–Trinajstić information content (AvgIpc) is 2.77. The molecule has 1 heterocycles. The van der Waals surface area contributed by atoms with Crippen LogP contribution < -0.4 is 5.32 Å². The number of amides is 1. The van der Waals surface area contributed by atoms with Crippen LogP contribution in [0.1, 0.15) is 40.0 Å². The minimum absolute atomic E-state index is 0.0352. The van der Waals surface area contributed by atoms with Gasteiger partial charge in [0.15, 0.2) is 0 Å². The van der Waals surface area contributed by atoms with Crippen molar-refractivity contribution in [2.75, 3.05) is 19.3 Å². The lowest BCUT2D eigenvalue weighted by molar-refractivity contribution is -0.127. The van der Waals surface area contributed by atoms with Crippen molar-refractivity contribution in [3.05, 3.63) is 35.6 Å². The molecule has 0 aromatic carbocycles. The Morgan fingerprint density at radius 1 is 1.25 bits per heavy atom. The van der Waals surface area contributed by atoms with Gasteiger partial charge in [-0.05, 0) is 31.6 Å². The summed E-state index contributed by atoms with van der Waals surface area (Å²) in [6.45, 7) is 7.31. The second-order valence-electron chi connectivity index (χ2n) is 7.14. The Balaban J connectivity index is 0.00000139. The number of aliphatic hydroxyl groups is 1. The molecule has 2 N–H and O–H groups in total. The van der Waals surface area contributed by atoms with Crippen LogP contribution in [0.2, 0.25) is 0 Å². The molecule has 2 aliphatic rings. The second kappa shape index (κ2) is 9.19. The molecule has 24 heavy (non-hydrogen) atoms. The molecule has 0 bridgehead atoms. The second-order valence-corrected chi connectivity index (χ2v) is 7.87. The summed E-state index contributed by atoms with van der Waals surface area (Å²) in [6, 6.07) is 0. The molecular weight excluding hydrogens is 339 g/mol. The van der Waals surface area contributed by atoms with Crippen molar-refractivity contribution in [3.63, 3.8) is 0 Å². The van der Waals surface area contributed by atoms with Crippen LogP contribution in [-0.4, -0.2) is 40.6 Å². The first-order valence-corrected chi connectivity index (χ1v) is 9.69. The molecular formula is C18H31N2O2PS. The first kappa shape index (κ1) is 21.4. The van der Waals surface area contributed by atoms with Crippen molar-refractivity contribution in [2.45, 2.75) is 45.6 Å². The smallest absolute Gasteiger partial charge is 0.229 e. The van der Waals surface area contributed by atoms with Crippen LogP contribution in [0.3, 0.4) is 0 Å². The van der Waals surface area contributed by atoms with E-state index in [1.807, 2.05) is 45.1 Å². The zero-order valence-electron chi connectivity index (χ0n) is 15.2. The van der Waals surface area contributed by atoms with Crippen molar-refractivity contribution in [3.8, 4) is 0 Å². The van der Waals surface area contributed by atoms with E-state index in [9.17, 15) is 9.90 Å². The normalized spacial score (nSPS) is 21.0. The Hall–Kier alpha value is -0.610. The monoisotopic (exact) mass is 370 g/mol. The lowest BCUT2D eigenvalue weighted by Gasteiger charge is -2.38. The van der Waals surface area contributed by atoms with Crippen LogP contribution in [0, 0.1) is 5.41 Å². The topological polar surface area (TPSA) is 52.6 Å². The van der Waals surface area contributed by atoms with Gasteiger partial charge in [-0.2, -0.15) is 12.6 Å². The molecule has 2 rings (SSSR count). The number of nitrogens with zero attached hydrogens (tertiary/aromatic N) is 1. The van der Waals surface area contributed by atoms with Crippen molar-refractivity contribution < 1.29 is 9.90 Å². The maximum atomic E-state index is 12.3. The first-order chi connectivity index (χ1) is 11.2. The molecule has 1 unspecified atom stereocenters. The van der Waals surface area contributed by atoms with E-state index in [1.54, 1.807) is 6.26 Å². The minimum Gasteiger partial charge on any atom is -0.385 e. The summed E-state index contributed by atoms with van der Waals surface area (Å²) < 4.78 is 2.14. The summed E-state index contributed by atoms with van der Waals surface area (Å²) in [5.74, 6) is -0.0352. The number of allylic oxidation sites excluding steroid dienone is 3. The van der Waals surface area contributed by atoms with Gasteiger partial charge in [-0.25, -0.2) is 0 Å². The van der Waals surface area contributed by atoms with Gasteiger partial charge in [0.2, 0.25) is 5.91 Å². The number of carbonyl (C=O) groups is 1. The molecule has 6 heteroatoms. The van der Waals surface area contributed by atoms with Gasteiger partial charge in [-0.15, -0.1) is 0 Å². The molecule has 0 aromatic rings. The molecule has 1 aliphatic carbocycles. The molecule has 1 aliphatic heterocycles. The molecule has 0 radical (unpaired) electrons. The molecule has 1 atom stereocenters. The van der Waals surface area contributed by atoms with Crippen molar-refractivity contribution in [1.29, 1.82) is 0 Å². The number of nitrogens with one attached hydrogen (secondary N) is 1. The van der Waals surface area contributed by atoms with Gasteiger partial charge in [0, 0.05) is 29.8 Å². The molecule has 0 aromatic heterocycles. The standard InChI is InChI=1S/C17H27N2O2P.CH4S/c1-16(2,3)15(20)18-14-8-6-4-5-7-13(14)17(21)9-11-19(22)12-10-17;1-2/h5-8,21H,4,9-12,22H2,1-3H3,(H,18,20);2H,1H3. The van der Waals surface area contributed by atoms with E-state index in [-0.39, 0.29) is 5.91 Å². The summed E-state index contributed by atoms with van der Waals surface area (Å²) in [4.78, 5) is 12.3. The highest BCUT2D eigenvalue weighted by Gasteiger charge is 2.36. The SMILES string of the molecule is CC(C)(C)C(=O)NC1=C(C2(O)CCN(P)CC2)C=CCC=C1.CS. The Morgan fingerprint density at radius 2 is 1.79 bits per heavy atom. The maximum Gasteiger partial charge on any atom is 0.229 e. The first-order valence-electron chi connectivity index (χ1n) is 8.28. The van der Waals surface area contributed by atoms with Gasteiger partial charge >= 0.3 is 0 Å². The number of rotatable bonds is 2. The number of piperidine rings is 1. The van der Waals surface area contributed by atoms with E-state index in [1.165, 1.54) is 0 Å². The van der Waals surface area contributed by atoms with E-state index in [0.29, 0.717) is 12.8 Å². The van der Waals surface area contributed by atoms with Gasteiger partial charge in [-0.1, -0.05) is 48.4 Å². The van der Waals surface area contributed by atoms with Gasteiger partial charge in [-0.3, -0.25) is 9.46 Å². The van der Waals surface area contributed by atoms with E-state index in [4.69, 9.17) is 0 Å². The zero-order chi connectivity index (χ0) is 18.4. The van der Waals surface area contributed by atoms with Crippen molar-refractivity contribution in [2.24, 2.45) is 5.41 Å². The third kappa shape index (κ3) is 5.73. The molecule has 136 valence electrons. The minimum atomic E-state index is -0.876. The highest BCUT2D eigenvalue weighted by molar-refractivity contribution is 7.79. The van der Waals surface area contributed by atoms with Crippen LogP contribution in [0.25, 0.3) is 0 Å². The largest absolute Gasteiger partial charge is 0.385 e. The molecule has 1 saturated heterocycles. The number of thiol groups is 1. The van der Waals surface area contributed by atoms with Crippen molar-refractivity contribution >= 4 is 27.9 Å². The lowest BCUT2D eigenvalue weighted by atomic mass is 9.83. The van der Waals surface area contributed by atoms with Gasteiger partial charge in [0.05, 0.1) is 5.60 Å². The van der Waals surface area contributed by atoms with E-state index >= 15 is 0 Å². The van der Waals surface area contributed by atoms with E-state index in [2.05, 4.69) is 32.0 Å². The highest BCUT2D eigenvalue weighted by atomic mass is 32.1. The number of carbonyl (C=O) groups excluding carboxylic acids is 1. The summed E-state index contributed by atoms with van der Waals surface area (Å²) >= 11 is 3.53. The van der Waals surface area contributed by atoms with Gasteiger partial charge < -0.3 is 10.4 Å². The highest BCUT2D eigenvalue weighted by Crippen LogP contribution is 2.34. The maximum absolute atomic E-state index is 12.3. The molecule has 1 fully saturated rings. The average molecular weight is 370 g/mol. The van der Waals surface area contributed by atoms with Gasteiger partial charge in [0.1, 0.15) is 0 Å². The lowest BCUT2D eigenvalue weighted by Crippen LogP contribution is -2.44. The summed E-state index contributed by atoms with van der Waals surface area (Å²) in [6.07, 6.45) is 11.8. The van der Waals surface area contributed by atoms with Crippen LogP contribution in [-0.2, 0) is 4.79 Å². The summed E-state index contributed by atoms with van der Waals surface area (Å²) in [7, 11) is 2.69. The third-order valence-corrected chi connectivity index (χ3v) is 4.70. The Bertz CT molecular complexity index is 528. The van der Waals surface area contributed by atoms with E-state index < -0.39 is 11.0 Å². The Kier molecular flexibility index (Phi) is 8.21. The molecule has 1 amide bonds. The fourth-order valence-electron chi connectivity index (χ4n) is 2.62. The van der Waals surface area contributed by atoms with Gasteiger partial charge in [0.25, 0.3) is 0 Å². The molecule has 0 saturated carbocycles.